The molecule has 5 heteroatoms. The van der Waals surface area contributed by atoms with Gasteiger partial charge < -0.3 is 15.5 Å². The van der Waals surface area contributed by atoms with E-state index in [0.717, 1.165) is 24.7 Å². The molecule has 0 aliphatic carbocycles. The van der Waals surface area contributed by atoms with E-state index < -0.39 is 0 Å². The van der Waals surface area contributed by atoms with Gasteiger partial charge >= 0.3 is 0 Å². The second-order valence-electron chi connectivity index (χ2n) is 6.19. The summed E-state index contributed by atoms with van der Waals surface area (Å²) < 4.78 is 0. The second kappa shape index (κ2) is 7.07. The Hall–Kier alpha value is -1.36. The smallest absolute Gasteiger partial charge is 0.195 e. The Labute approximate surface area is 132 Å². The molecule has 1 aliphatic rings. The molecule has 0 spiro atoms. The number of aliphatic imine (C=N–C) groups is 1. The van der Waals surface area contributed by atoms with Crippen LogP contribution in [0.2, 0.25) is 0 Å². The fourth-order valence-corrected chi connectivity index (χ4v) is 3.19. The van der Waals surface area contributed by atoms with Crippen molar-refractivity contribution in [3.8, 4) is 0 Å². The quantitative estimate of drug-likeness (QED) is 0.651. The maximum atomic E-state index is 4.33. The van der Waals surface area contributed by atoms with Crippen molar-refractivity contribution in [2.24, 2.45) is 4.99 Å². The minimum atomic E-state index is -0.0153. The molecule has 21 heavy (non-hydrogen) atoms. The molecule has 0 bridgehead atoms. The lowest BCUT2D eigenvalue weighted by atomic mass is 10.1. The lowest BCUT2D eigenvalue weighted by molar-refractivity contribution is 0.511. The normalized spacial score (nSPS) is 16.8. The molecule has 2 N–H and O–H groups in total. The van der Waals surface area contributed by atoms with Crippen LogP contribution in [0.25, 0.3) is 0 Å². The Kier molecular flexibility index (Phi) is 5.39. The predicted octanol–water partition coefficient (Wildman–Crippen LogP) is 3.03. The number of hydrogen-bond acceptors (Lipinski definition) is 3. The molecule has 1 saturated heterocycles. The number of nitrogens with zero attached hydrogens (tertiary/aromatic N) is 2. The average Bonchev–Trinajstić information content (AvgIpc) is 2.46. The first-order valence-electron chi connectivity index (χ1n) is 7.43. The Morgan fingerprint density at radius 3 is 2.48 bits per heavy atom. The summed E-state index contributed by atoms with van der Waals surface area (Å²) in [4.78, 5) is 6.77. The summed E-state index contributed by atoms with van der Waals surface area (Å²) in [6.07, 6.45) is 0. The molecule has 0 unspecified atom stereocenters. The highest BCUT2D eigenvalue weighted by Gasteiger charge is 2.17. The van der Waals surface area contributed by atoms with Gasteiger partial charge in [0, 0.05) is 37.2 Å². The van der Waals surface area contributed by atoms with Crippen molar-refractivity contribution >= 4 is 29.1 Å². The van der Waals surface area contributed by atoms with Gasteiger partial charge in [-0.3, -0.25) is 4.99 Å². The molecule has 1 aromatic carbocycles. The maximum absolute atomic E-state index is 4.33. The van der Waals surface area contributed by atoms with Crippen LogP contribution in [0.3, 0.4) is 0 Å². The van der Waals surface area contributed by atoms with Crippen molar-refractivity contribution in [1.82, 2.24) is 5.32 Å². The molecule has 0 radical (unpaired) electrons. The highest BCUT2D eigenvalue weighted by atomic mass is 32.2. The van der Waals surface area contributed by atoms with Crippen LogP contribution in [0.15, 0.2) is 29.3 Å². The van der Waals surface area contributed by atoms with Crippen LogP contribution in [0.1, 0.15) is 20.8 Å². The van der Waals surface area contributed by atoms with E-state index in [4.69, 9.17) is 0 Å². The summed E-state index contributed by atoms with van der Waals surface area (Å²) in [5, 5.41) is 6.84. The van der Waals surface area contributed by atoms with Crippen molar-refractivity contribution in [2.75, 3.05) is 41.9 Å². The van der Waals surface area contributed by atoms with Gasteiger partial charge in [-0.05, 0) is 32.9 Å². The zero-order chi connectivity index (χ0) is 15.3. The van der Waals surface area contributed by atoms with E-state index >= 15 is 0 Å². The lowest BCUT2D eigenvalue weighted by Gasteiger charge is -2.31. The van der Waals surface area contributed by atoms with E-state index in [9.17, 15) is 0 Å². The predicted molar refractivity (Wildman–Crippen MR) is 95.9 cm³/mol. The summed E-state index contributed by atoms with van der Waals surface area (Å²) in [5.74, 6) is 3.20. The zero-order valence-electron chi connectivity index (χ0n) is 13.4. The van der Waals surface area contributed by atoms with Gasteiger partial charge in [0.25, 0.3) is 0 Å². The van der Waals surface area contributed by atoms with E-state index in [0.29, 0.717) is 0 Å². The minimum Gasteiger partial charge on any atom is -0.368 e. The average molecular weight is 306 g/mol. The molecule has 1 aromatic rings. The Balaban J connectivity index is 2.15. The maximum Gasteiger partial charge on any atom is 0.195 e. The SMILES string of the molecule is CN=C(Nc1ccccc1N1CCSCC1)NC(C)(C)C. The van der Waals surface area contributed by atoms with Crippen LogP contribution in [-0.2, 0) is 0 Å². The summed E-state index contributed by atoms with van der Waals surface area (Å²) in [6, 6.07) is 8.46. The highest BCUT2D eigenvalue weighted by Crippen LogP contribution is 2.27. The third-order valence-electron chi connectivity index (χ3n) is 3.23. The van der Waals surface area contributed by atoms with Crippen molar-refractivity contribution in [2.45, 2.75) is 26.3 Å². The summed E-state index contributed by atoms with van der Waals surface area (Å²) in [6.45, 7) is 8.61. The molecule has 116 valence electrons. The van der Waals surface area contributed by atoms with Crippen LogP contribution in [0, 0.1) is 0 Å². The number of para-hydroxylation sites is 2. The molecule has 0 aromatic heterocycles. The molecule has 2 rings (SSSR count). The number of guanidine groups is 1. The van der Waals surface area contributed by atoms with E-state index in [1.54, 1.807) is 7.05 Å². The van der Waals surface area contributed by atoms with Gasteiger partial charge in [-0.15, -0.1) is 0 Å². The van der Waals surface area contributed by atoms with Gasteiger partial charge in [-0.1, -0.05) is 12.1 Å². The van der Waals surface area contributed by atoms with Crippen LogP contribution in [-0.4, -0.2) is 43.1 Å². The molecule has 0 atom stereocenters. The number of anilines is 2. The Morgan fingerprint density at radius 1 is 1.19 bits per heavy atom. The topological polar surface area (TPSA) is 39.7 Å². The van der Waals surface area contributed by atoms with Crippen molar-refractivity contribution < 1.29 is 0 Å². The fourth-order valence-electron chi connectivity index (χ4n) is 2.29. The molecule has 0 saturated carbocycles. The van der Waals surface area contributed by atoms with E-state index in [-0.39, 0.29) is 5.54 Å². The molecule has 0 amide bonds. The number of hydrogen-bond donors (Lipinski definition) is 2. The van der Waals surface area contributed by atoms with Crippen molar-refractivity contribution in [3.05, 3.63) is 24.3 Å². The van der Waals surface area contributed by atoms with E-state index in [1.165, 1.54) is 17.2 Å². The Bertz CT molecular complexity index is 487. The molecule has 1 fully saturated rings. The summed E-state index contributed by atoms with van der Waals surface area (Å²) >= 11 is 2.03. The van der Waals surface area contributed by atoms with Gasteiger partial charge in [0.1, 0.15) is 0 Å². The minimum absolute atomic E-state index is 0.0153. The molecular formula is C16H26N4S. The second-order valence-corrected chi connectivity index (χ2v) is 7.41. The largest absolute Gasteiger partial charge is 0.368 e. The first-order valence-corrected chi connectivity index (χ1v) is 8.59. The van der Waals surface area contributed by atoms with Crippen molar-refractivity contribution in [3.63, 3.8) is 0 Å². The highest BCUT2D eigenvalue weighted by molar-refractivity contribution is 7.99. The van der Waals surface area contributed by atoms with Crippen LogP contribution >= 0.6 is 11.8 Å². The monoisotopic (exact) mass is 306 g/mol. The fraction of sp³-hybridized carbons (Fsp3) is 0.562. The number of nitrogens with one attached hydrogen (secondary N) is 2. The van der Waals surface area contributed by atoms with Gasteiger partial charge in [0.15, 0.2) is 5.96 Å². The van der Waals surface area contributed by atoms with E-state index in [1.807, 2.05) is 11.8 Å². The van der Waals surface area contributed by atoms with Crippen LogP contribution in [0.5, 0.6) is 0 Å². The summed E-state index contributed by atoms with van der Waals surface area (Å²) in [7, 11) is 1.81. The molecule has 1 aliphatic heterocycles. The summed E-state index contributed by atoms with van der Waals surface area (Å²) in [5.41, 5.74) is 2.36. The molecular weight excluding hydrogens is 280 g/mol. The third kappa shape index (κ3) is 4.84. The van der Waals surface area contributed by atoms with Crippen molar-refractivity contribution in [1.29, 1.82) is 0 Å². The first-order chi connectivity index (χ1) is 9.99. The Morgan fingerprint density at radius 2 is 1.86 bits per heavy atom. The van der Waals surface area contributed by atoms with Gasteiger partial charge in [0.05, 0.1) is 11.4 Å². The third-order valence-corrected chi connectivity index (χ3v) is 4.17. The van der Waals surface area contributed by atoms with Gasteiger partial charge in [-0.2, -0.15) is 11.8 Å². The van der Waals surface area contributed by atoms with Gasteiger partial charge in [-0.25, -0.2) is 0 Å². The lowest BCUT2D eigenvalue weighted by Crippen LogP contribution is -2.44. The van der Waals surface area contributed by atoms with Gasteiger partial charge in [0.2, 0.25) is 0 Å². The van der Waals surface area contributed by atoms with Crippen LogP contribution in [0.4, 0.5) is 11.4 Å². The number of rotatable bonds is 2. The molecule has 4 nitrogen and oxygen atoms in total. The number of benzene rings is 1. The van der Waals surface area contributed by atoms with E-state index in [2.05, 4.69) is 65.6 Å². The molecule has 1 heterocycles. The first kappa shape index (κ1) is 16.0. The van der Waals surface area contributed by atoms with Crippen LogP contribution < -0.4 is 15.5 Å². The number of thioether (sulfide) groups is 1. The zero-order valence-corrected chi connectivity index (χ0v) is 14.3. The standard InChI is InChI=1S/C16H26N4S/c1-16(2,3)19-15(17-4)18-13-7-5-6-8-14(13)20-9-11-21-12-10-20/h5-8H,9-12H2,1-4H3,(H2,17,18,19).